The number of nitrogens with zero attached hydrogens (tertiary/aromatic N) is 2. The number of ether oxygens (including phenoxy) is 1. The second kappa shape index (κ2) is 6.31. The monoisotopic (exact) mass is 295 g/mol. The zero-order valence-corrected chi connectivity index (χ0v) is 12.5. The fraction of sp³-hybridized carbons (Fsp3) is 0.600. The summed E-state index contributed by atoms with van der Waals surface area (Å²) in [6.45, 7) is 7.08. The molecule has 1 aromatic rings. The number of morpholine rings is 1. The summed E-state index contributed by atoms with van der Waals surface area (Å²) in [5.74, 6) is 0. The van der Waals surface area contributed by atoms with E-state index in [0.717, 1.165) is 51.6 Å². The molecule has 1 atom stereocenters. The molecule has 0 aromatic heterocycles. The SMILES string of the molecule is Nc1cc(Cl)ccc1CN1CCC(N2CCOCC2)C1. The number of halogens is 1. The molecule has 2 heterocycles. The van der Waals surface area contributed by atoms with E-state index in [4.69, 9.17) is 22.1 Å². The number of rotatable bonds is 3. The maximum Gasteiger partial charge on any atom is 0.0594 e. The predicted molar refractivity (Wildman–Crippen MR) is 81.9 cm³/mol. The van der Waals surface area contributed by atoms with E-state index in [1.807, 2.05) is 18.2 Å². The van der Waals surface area contributed by atoms with Crippen LogP contribution in [0.25, 0.3) is 0 Å². The zero-order valence-electron chi connectivity index (χ0n) is 11.7. The highest BCUT2D eigenvalue weighted by Crippen LogP contribution is 2.23. The second-order valence-corrected chi connectivity index (χ2v) is 6.11. The van der Waals surface area contributed by atoms with Crippen molar-refractivity contribution in [3.8, 4) is 0 Å². The van der Waals surface area contributed by atoms with E-state index in [-0.39, 0.29) is 0 Å². The molecule has 2 saturated heterocycles. The highest BCUT2D eigenvalue weighted by atomic mass is 35.5. The first kappa shape index (κ1) is 14.1. The number of nitrogens with two attached hydrogens (primary N) is 1. The third kappa shape index (κ3) is 3.26. The van der Waals surface area contributed by atoms with Crippen LogP contribution in [-0.4, -0.2) is 55.2 Å². The summed E-state index contributed by atoms with van der Waals surface area (Å²) >= 11 is 5.95. The Bertz CT molecular complexity index is 462. The standard InChI is InChI=1S/C15H22ClN3O/c16-13-2-1-12(15(17)9-13)10-18-4-3-14(11-18)19-5-7-20-8-6-19/h1-2,9,14H,3-8,10-11,17H2. The summed E-state index contributed by atoms with van der Waals surface area (Å²) in [6, 6.07) is 6.47. The number of hydrogen-bond donors (Lipinski definition) is 1. The fourth-order valence-corrected chi connectivity index (χ4v) is 3.33. The molecule has 2 aliphatic heterocycles. The Morgan fingerprint density at radius 1 is 1.25 bits per heavy atom. The average molecular weight is 296 g/mol. The van der Waals surface area contributed by atoms with Gasteiger partial charge in [0.25, 0.3) is 0 Å². The lowest BCUT2D eigenvalue weighted by Crippen LogP contribution is -2.44. The minimum absolute atomic E-state index is 0.674. The van der Waals surface area contributed by atoms with Gasteiger partial charge in [-0.25, -0.2) is 0 Å². The van der Waals surface area contributed by atoms with E-state index in [0.29, 0.717) is 11.1 Å². The van der Waals surface area contributed by atoms with E-state index in [1.165, 1.54) is 12.0 Å². The van der Waals surface area contributed by atoms with Crippen LogP contribution in [0, 0.1) is 0 Å². The van der Waals surface area contributed by atoms with E-state index >= 15 is 0 Å². The van der Waals surface area contributed by atoms with Gasteiger partial charge in [0, 0.05) is 49.5 Å². The minimum atomic E-state index is 0.674. The molecular weight excluding hydrogens is 274 g/mol. The smallest absolute Gasteiger partial charge is 0.0594 e. The first-order chi connectivity index (χ1) is 9.72. The van der Waals surface area contributed by atoms with Crippen molar-refractivity contribution >= 4 is 17.3 Å². The lowest BCUT2D eigenvalue weighted by atomic mass is 10.1. The lowest BCUT2D eigenvalue weighted by Gasteiger charge is -2.32. The number of hydrogen-bond acceptors (Lipinski definition) is 4. The van der Waals surface area contributed by atoms with Crippen LogP contribution in [0.2, 0.25) is 5.02 Å². The summed E-state index contributed by atoms with van der Waals surface area (Å²) in [5, 5.41) is 0.707. The Morgan fingerprint density at radius 3 is 2.80 bits per heavy atom. The third-order valence-corrected chi connectivity index (χ3v) is 4.55. The van der Waals surface area contributed by atoms with Gasteiger partial charge < -0.3 is 10.5 Å². The van der Waals surface area contributed by atoms with Crippen LogP contribution in [0.5, 0.6) is 0 Å². The van der Waals surface area contributed by atoms with Gasteiger partial charge in [0.15, 0.2) is 0 Å². The Hall–Kier alpha value is -0.810. The molecule has 5 heteroatoms. The Morgan fingerprint density at radius 2 is 2.05 bits per heavy atom. The number of nitrogen functional groups attached to an aromatic ring is 1. The van der Waals surface area contributed by atoms with Crippen LogP contribution in [0.4, 0.5) is 5.69 Å². The lowest BCUT2D eigenvalue weighted by molar-refractivity contribution is 0.0184. The van der Waals surface area contributed by atoms with Gasteiger partial charge in [0.05, 0.1) is 13.2 Å². The molecule has 20 heavy (non-hydrogen) atoms. The summed E-state index contributed by atoms with van der Waals surface area (Å²) < 4.78 is 5.42. The van der Waals surface area contributed by atoms with Crippen LogP contribution in [-0.2, 0) is 11.3 Å². The van der Waals surface area contributed by atoms with E-state index in [1.54, 1.807) is 0 Å². The molecule has 0 spiro atoms. The molecule has 1 aromatic carbocycles. The first-order valence-electron chi connectivity index (χ1n) is 7.30. The summed E-state index contributed by atoms with van der Waals surface area (Å²) in [7, 11) is 0. The molecule has 3 rings (SSSR count). The maximum atomic E-state index is 6.04. The highest BCUT2D eigenvalue weighted by Gasteiger charge is 2.28. The van der Waals surface area contributed by atoms with Crippen molar-refractivity contribution in [2.45, 2.75) is 19.0 Å². The van der Waals surface area contributed by atoms with Gasteiger partial charge in [0.1, 0.15) is 0 Å². The van der Waals surface area contributed by atoms with Gasteiger partial charge in [-0.05, 0) is 24.1 Å². The van der Waals surface area contributed by atoms with Crippen molar-refractivity contribution in [2.24, 2.45) is 0 Å². The topological polar surface area (TPSA) is 41.7 Å². The molecular formula is C15H22ClN3O. The number of likely N-dealkylation sites (tertiary alicyclic amines) is 1. The maximum absolute atomic E-state index is 6.04. The first-order valence-corrected chi connectivity index (χ1v) is 7.68. The van der Waals surface area contributed by atoms with Crippen molar-refractivity contribution in [1.82, 2.24) is 9.80 Å². The summed E-state index contributed by atoms with van der Waals surface area (Å²) in [5.41, 5.74) is 8.02. The van der Waals surface area contributed by atoms with Gasteiger partial charge in [-0.15, -0.1) is 0 Å². The zero-order chi connectivity index (χ0) is 13.9. The van der Waals surface area contributed by atoms with Gasteiger partial charge in [-0.1, -0.05) is 17.7 Å². The van der Waals surface area contributed by atoms with Crippen molar-refractivity contribution in [2.75, 3.05) is 45.1 Å². The highest BCUT2D eigenvalue weighted by molar-refractivity contribution is 6.30. The quantitative estimate of drug-likeness (QED) is 0.864. The van der Waals surface area contributed by atoms with Gasteiger partial charge >= 0.3 is 0 Å². The molecule has 4 nitrogen and oxygen atoms in total. The molecule has 2 aliphatic rings. The third-order valence-electron chi connectivity index (χ3n) is 4.31. The van der Waals surface area contributed by atoms with Gasteiger partial charge in [-0.3, -0.25) is 9.80 Å². The van der Waals surface area contributed by atoms with Gasteiger partial charge in [-0.2, -0.15) is 0 Å². The Balaban J connectivity index is 1.57. The Labute approximate surface area is 125 Å². The van der Waals surface area contributed by atoms with E-state index in [9.17, 15) is 0 Å². The molecule has 2 fully saturated rings. The predicted octanol–water partition coefficient (Wildman–Crippen LogP) is 1.83. The molecule has 2 N–H and O–H groups in total. The minimum Gasteiger partial charge on any atom is -0.398 e. The molecule has 0 saturated carbocycles. The van der Waals surface area contributed by atoms with E-state index < -0.39 is 0 Å². The molecule has 0 radical (unpaired) electrons. The van der Waals surface area contributed by atoms with Gasteiger partial charge in [0.2, 0.25) is 0 Å². The molecule has 1 unspecified atom stereocenters. The van der Waals surface area contributed by atoms with Crippen LogP contribution in [0.3, 0.4) is 0 Å². The fourth-order valence-electron chi connectivity index (χ4n) is 3.15. The normalized spacial score (nSPS) is 25.1. The summed E-state index contributed by atoms with van der Waals surface area (Å²) in [4.78, 5) is 5.05. The number of anilines is 1. The number of benzene rings is 1. The van der Waals surface area contributed by atoms with Crippen molar-refractivity contribution in [3.05, 3.63) is 28.8 Å². The largest absolute Gasteiger partial charge is 0.398 e. The van der Waals surface area contributed by atoms with Crippen LogP contribution >= 0.6 is 11.6 Å². The van der Waals surface area contributed by atoms with Crippen molar-refractivity contribution in [3.63, 3.8) is 0 Å². The molecule has 0 amide bonds. The molecule has 0 bridgehead atoms. The Kier molecular flexibility index (Phi) is 4.46. The van der Waals surface area contributed by atoms with Crippen LogP contribution in [0.1, 0.15) is 12.0 Å². The molecule has 0 aliphatic carbocycles. The van der Waals surface area contributed by atoms with Crippen LogP contribution < -0.4 is 5.73 Å². The average Bonchev–Trinajstić information content (AvgIpc) is 2.92. The van der Waals surface area contributed by atoms with Crippen molar-refractivity contribution in [1.29, 1.82) is 0 Å². The van der Waals surface area contributed by atoms with E-state index in [2.05, 4.69) is 9.80 Å². The van der Waals surface area contributed by atoms with Crippen molar-refractivity contribution < 1.29 is 4.74 Å². The molecule has 110 valence electrons. The summed E-state index contributed by atoms with van der Waals surface area (Å²) in [6.07, 6.45) is 1.24. The van der Waals surface area contributed by atoms with Crippen LogP contribution in [0.15, 0.2) is 18.2 Å². The second-order valence-electron chi connectivity index (χ2n) is 5.67.